The molecule has 1 atom stereocenters. The van der Waals surface area contributed by atoms with Crippen molar-refractivity contribution in [3.05, 3.63) is 173 Å². The SMILES string of the molecule is CC1=C(Nc2ccc(C(c3ccc(Nc4ccccc4C)cc3)c3c(-c4ccccc4)n(C)c4ccccc34)cc2)C=CCC1.COC. The van der Waals surface area contributed by atoms with Crippen molar-refractivity contribution in [2.75, 3.05) is 24.9 Å². The first-order valence-electron chi connectivity index (χ1n) is 16.7. The third-order valence-electron chi connectivity index (χ3n) is 9.10. The van der Waals surface area contributed by atoms with Gasteiger partial charge in [-0.25, -0.2) is 0 Å². The number of allylic oxidation sites excluding steroid dienone is 3. The molecule has 0 spiro atoms. The second kappa shape index (κ2) is 15.1. The molecule has 0 saturated heterocycles. The summed E-state index contributed by atoms with van der Waals surface area (Å²) in [6.45, 7) is 4.36. The zero-order chi connectivity index (χ0) is 33.5. The minimum Gasteiger partial charge on any atom is -0.388 e. The van der Waals surface area contributed by atoms with Gasteiger partial charge in [-0.1, -0.05) is 97.1 Å². The number of aryl methyl sites for hydroxylation is 2. The number of aromatic nitrogens is 1. The zero-order valence-electron chi connectivity index (χ0n) is 28.6. The summed E-state index contributed by atoms with van der Waals surface area (Å²) in [5.74, 6) is 0.0309. The molecule has 2 N–H and O–H groups in total. The lowest BCUT2D eigenvalue weighted by Gasteiger charge is -2.22. The Kier molecular flexibility index (Phi) is 10.2. The van der Waals surface area contributed by atoms with Gasteiger partial charge in [0.05, 0.1) is 5.69 Å². The Bertz CT molecular complexity index is 2030. The number of nitrogens with one attached hydrogen (secondary N) is 2. The van der Waals surface area contributed by atoms with Crippen LogP contribution in [0.4, 0.5) is 17.1 Å². The molecule has 1 heterocycles. The van der Waals surface area contributed by atoms with Crippen LogP contribution in [0.2, 0.25) is 0 Å². The molecule has 0 radical (unpaired) electrons. The molecule has 0 bridgehead atoms. The molecule has 4 heteroatoms. The van der Waals surface area contributed by atoms with Crippen molar-refractivity contribution < 1.29 is 4.74 Å². The molecule has 1 unspecified atom stereocenters. The van der Waals surface area contributed by atoms with Gasteiger partial charge in [0.2, 0.25) is 0 Å². The molecule has 0 aliphatic heterocycles. The summed E-state index contributed by atoms with van der Waals surface area (Å²) < 4.78 is 6.61. The maximum atomic E-state index is 4.25. The number of nitrogens with zero attached hydrogens (tertiary/aromatic N) is 1. The van der Waals surface area contributed by atoms with Gasteiger partial charge in [-0.2, -0.15) is 0 Å². The lowest BCUT2D eigenvalue weighted by atomic mass is 9.82. The number of fused-ring (bicyclic) bond motifs is 1. The predicted octanol–water partition coefficient (Wildman–Crippen LogP) is 11.4. The van der Waals surface area contributed by atoms with Gasteiger partial charge in [0, 0.05) is 60.8 Å². The van der Waals surface area contributed by atoms with E-state index in [4.69, 9.17) is 0 Å². The average molecular weight is 632 g/mol. The van der Waals surface area contributed by atoms with E-state index in [-0.39, 0.29) is 5.92 Å². The number of anilines is 3. The Morgan fingerprint density at radius 3 is 1.90 bits per heavy atom. The van der Waals surface area contributed by atoms with Crippen LogP contribution in [-0.4, -0.2) is 18.8 Å². The van der Waals surface area contributed by atoms with Gasteiger partial charge in [0.15, 0.2) is 0 Å². The quantitative estimate of drug-likeness (QED) is 0.176. The number of hydrogen-bond acceptors (Lipinski definition) is 3. The van der Waals surface area contributed by atoms with E-state index >= 15 is 0 Å². The summed E-state index contributed by atoms with van der Waals surface area (Å²) >= 11 is 0. The van der Waals surface area contributed by atoms with Gasteiger partial charge >= 0.3 is 0 Å². The van der Waals surface area contributed by atoms with Crippen LogP contribution in [0.15, 0.2) is 151 Å². The lowest BCUT2D eigenvalue weighted by molar-refractivity contribution is 0.277. The fraction of sp³-hybridized carbons (Fsp3) is 0.182. The number of hydrogen-bond donors (Lipinski definition) is 2. The predicted molar refractivity (Wildman–Crippen MR) is 204 cm³/mol. The van der Waals surface area contributed by atoms with Crippen molar-refractivity contribution in [2.24, 2.45) is 7.05 Å². The molecular weight excluding hydrogens is 587 g/mol. The maximum absolute atomic E-state index is 4.25. The summed E-state index contributed by atoms with van der Waals surface area (Å²) in [5, 5.41) is 8.56. The molecule has 1 aliphatic carbocycles. The highest BCUT2D eigenvalue weighted by Crippen LogP contribution is 2.44. The van der Waals surface area contributed by atoms with Gasteiger partial charge in [-0.15, -0.1) is 0 Å². The van der Waals surface area contributed by atoms with Crippen LogP contribution in [-0.2, 0) is 11.8 Å². The highest BCUT2D eigenvalue weighted by molar-refractivity contribution is 5.93. The van der Waals surface area contributed by atoms with E-state index in [0.717, 1.165) is 29.9 Å². The summed E-state index contributed by atoms with van der Waals surface area (Å²) in [6, 6.07) is 46.1. The largest absolute Gasteiger partial charge is 0.388 e. The first kappa shape index (κ1) is 32.6. The van der Waals surface area contributed by atoms with E-state index < -0.39 is 0 Å². The van der Waals surface area contributed by atoms with E-state index in [9.17, 15) is 0 Å². The Labute approximate surface area is 285 Å². The van der Waals surface area contributed by atoms with Crippen molar-refractivity contribution in [1.82, 2.24) is 4.57 Å². The minimum absolute atomic E-state index is 0.0309. The number of para-hydroxylation sites is 2. The summed E-state index contributed by atoms with van der Waals surface area (Å²) in [7, 11) is 5.45. The summed E-state index contributed by atoms with van der Waals surface area (Å²) in [4.78, 5) is 0. The summed E-state index contributed by atoms with van der Waals surface area (Å²) in [5.41, 5.74) is 14.7. The second-order valence-corrected chi connectivity index (χ2v) is 12.5. The number of rotatable bonds is 8. The van der Waals surface area contributed by atoms with E-state index in [1.807, 2.05) is 0 Å². The first-order valence-corrected chi connectivity index (χ1v) is 16.7. The topological polar surface area (TPSA) is 38.2 Å². The fourth-order valence-electron chi connectivity index (χ4n) is 6.65. The van der Waals surface area contributed by atoms with Crippen LogP contribution < -0.4 is 10.6 Å². The Hall–Kier alpha value is -5.32. The standard InChI is InChI=1S/C42H39N3.C2H6O/c1-29-13-7-10-18-37(29)43-34-25-21-31(22-26-34)40(32-23-27-35(28-24-32)44-38-19-11-8-14-30(38)2)41-36-17-9-12-20-39(36)45(3)42(41)33-15-5-4-6-16-33;1-3-2/h4-7,9-13,15-28,40,43-44H,8,14H2,1-3H3;1-2H3. The molecule has 6 aromatic rings. The molecule has 5 aromatic carbocycles. The third-order valence-corrected chi connectivity index (χ3v) is 9.10. The molecule has 1 aliphatic rings. The molecule has 7 rings (SSSR count). The van der Waals surface area contributed by atoms with Gasteiger partial charge in [0.25, 0.3) is 0 Å². The number of methoxy groups -OCH3 is 1. The van der Waals surface area contributed by atoms with Gasteiger partial charge in [-0.05, 0) is 103 Å². The van der Waals surface area contributed by atoms with E-state index in [1.165, 1.54) is 55.7 Å². The smallest absolute Gasteiger partial charge is 0.0530 e. The van der Waals surface area contributed by atoms with Gasteiger partial charge < -0.3 is 19.9 Å². The lowest BCUT2D eigenvalue weighted by Crippen LogP contribution is -2.07. The number of ether oxygens (including phenoxy) is 1. The van der Waals surface area contributed by atoms with Crippen LogP contribution in [0.25, 0.3) is 22.2 Å². The number of benzene rings is 5. The van der Waals surface area contributed by atoms with Crippen LogP contribution >= 0.6 is 0 Å². The van der Waals surface area contributed by atoms with Crippen molar-refractivity contribution in [1.29, 1.82) is 0 Å². The highest BCUT2D eigenvalue weighted by atomic mass is 16.4. The van der Waals surface area contributed by atoms with Crippen LogP contribution in [0.5, 0.6) is 0 Å². The molecular formula is C44H45N3O. The van der Waals surface area contributed by atoms with Crippen LogP contribution in [0.1, 0.15) is 47.9 Å². The molecule has 48 heavy (non-hydrogen) atoms. The maximum Gasteiger partial charge on any atom is 0.0530 e. The van der Waals surface area contributed by atoms with E-state index in [0.29, 0.717) is 0 Å². The van der Waals surface area contributed by atoms with Crippen molar-refractivity contribution >= 4 is 28.0 Å². The van der Waals surface area contributed by atoms with Gasteiger partial charge in [-0.3, -0.25) is 0 Å². The Balaban J connectivity index is 0.00000129. The Morgan fingerprint density at radius 1 is 0.667 bits per heavy atom. The van der Waals surface area contributed by atoms with Crippen molar-refractivity contribution in [3.8, 4) is 11.3 Å². The monoisotopic (exact) mass is 631 g/mol. The zero-order valence-corrected chi connectivity index (χ0v) is 28.6. The molecule has 242 valence electrons. The second-order valence-electron chi connectivity index (χ2n) is 12.5. The highest BCUT2D eigenvalue weighted by Gasteiger charge is 2.27. The molecule has 0 saturated carbocycles. The minimum atomic E-state index is 0.0309. The fourth-order valence-corrected chi connectivity index (χ4v) is 6.65. The third kappa shape index (κ3) is 7.00. The molecule has 0 fully saturated rings. The van der Waals surface area contributed by atoms with Crippen molar-refractivity contribution in [2.45, 2.75) is 32.6 Å². The molecule has 4 nitrogen and oxygen atoms in total. The van der Waals surface area contributed by atoms with Gasteiger partial charge in [0.1, 0.15) is 0 Å². The van der Waals surface area contributed by atoms with Crippen LogP contribution in [0, 0.1) is 6.92 Å². The molecule has 0 amide bonds. The normalized spacial score (nSPS) is 13.2. The molecule has 1 aromatic heterocycles. The average Bonchev–Trinajstić information content (AvgIpc) is 3.40. The first-order chi connectivity index (χ1) is 23.5. The summed E-state index contributed by atoms with van der Waals surface area (Å²) in [6.07, 6.45) is 6.69. The van der Waals surface area contributed by atoms with Crippen LogP contribution in [0.3, 0.4) is 0 Å². The Morgan fingerprint density at radius 2 is 1.25 bits per heavy atom. The van der Waals surface area contributed by atoms with E-state index in [1.54, 1.807) is 14.2 Å². The van der Waals surface area contributed by atoms with E-state index in [2.05, 4.69) is 180 Å². The van der Waals surface area contributed by atoms with Crippen molar-refractivity contribution in [3.63, 3.8) is 0 Å².